The number of benzene rings is 2. The number of carbonyl (C=O) groups is 1. The molecule has 1 N–H and O–H groups in total. The number of nitrogens with one attached hydrogen (secondary N) is 1. The number of hydrogen-bond acceptors (Lipinski definition) is 3. The molecule has 0 heterocycles. The summed E-state index contributed by atoms with van der Waals surface area (Å²) in [5.41, 5.74) is 2.95. The second kappa shape index (κ2) is 7.36. The molecule has 0 aliphatic heterocycles. The molecule has 0 aliphatic rings. The van der Waals surface area contributed by atoms with Gasteiger partial charge in [-0.05, 0) is 56.4 Å². The summed E-state index contributed by atoms with van der Waals surface area (Å²) in [6.45, 7) is 5.74. The Morgan fingerprint density at radius 2 is 1.91 bits per heavy atom. The van der Waals surface area contributed by atoms with Crippen LogP contribution in [0, 0.1) is 13.8 Å². The van der Waals surface area contributed by atoms with E-state index in [4.69, 9.17) is 4.74 Å². The lowest BCUT2D eigenvalue weighted by molar-refractivity contribution is -0.122. The molecule has 0 fully saturated rings. The molecule has 22 heavy (non-hydrogen) atoms. The van der Waals surface area contributed by atoms with Crippen LogP contribution in [0.5, 0.6) is 5.75 Å². The molecular weight excluding hydrogens is 294 g/mol. The van der Waals surface area contributed by atoms with E-state index < -0.39 is 6.10 Å². The van der Waals surface area contributed by atoms with Crippen LogP contribution >= 0.6 is 11.8 Å². The Kier molecular flexibility index (Phi) is 5.50. The summed E-state index contributed by atoms with van der Waals surface area (Å²) in [7, 11) is 0. The van der Waals surface area contributed by atoms with E-state index in [1.165, 1.54) is 0 Å². The van der Waals surface area contributed by atoms with E-state index in [9.17, 15) is 4.79 Å². The molecule has 1 unspecified atom stereocenters. The van der Waals surface area contributed by atoms with E-state index in [0.29, 0.717) is 0 Å². The molecule has 0 aromatic heterocycles. The van der Waals surface area contributed by atoms with Crippen LogP contribution in [0.1, 0.15) is 18.1 Å². The Labute approximate surface area is 136 Å². The van der Waals surface area contributed by atoms with Gasteiger partial charge in [-0.1, -0.05) is 24.3 Å². The largest absolute Gasteiger partial charge is 0.481 e. The minimum absolute atomic E-state index is 0.151. The van der Waals surface area contributed by atoms with Crippen LogP contribution in [0.4, 0.5) is 5.69 Å². The van der Waals surface area contributed by atoms with Crippen LogP contribution in [0.3, 0.4) is 0 Å². The summed E-state index contributed by atoms with van der Waals surface area (Å²) in [6, 6.07) is 13.7. The quantitative estimate of drug-likeness (QED) is 0.829. The summed E-state index contributed by atoms with van der Waals surface area (Å²) in [4.78, 5) is 13.4. The normalized spacial score (nSPS) is 11.8. The van der Waals surface area contributed by atoms with Crippen molar-refractivity contribution in [3.05, 3.63) is 53.6 Å². The number of rotatable bonds is 5. The third-order valence-electron chi connectivity index (χ3n) is 3.38. The fourth-order valence-corrected chi connectivity index (χ4v) is 2.61. The lowest BCUT2D eigenvalue weighted by Crippen LogP contribution is -2.30. The molecule has 0 aliphatic carbocycles. The van der Waals surface area contributed by atoms with Crippen molar-refractivity contribution in [1.29, 1.82) is 0 Å². The van der Waals surface area contributed by atoms with Crippen molar-refractivity contribution >= 4 is 23.4 Å². The number of carbonyl (C=O) groups excluding carboxylic acids is 1. The highest BCUT2D eigenvalue weighted by molar-refractivity contribution is 7.98. The van der Waals surface area contributed by atoms with E-state index in [1.807, 2.05) is 62.6 Å². The van der Waals surface area contributed by atoms with E-state index in [0.717, 1.165) is 27.5 Å². The molecular formula is C18H21NO2S. The van der Waals surface area contributed by atoms with Crippen molar-refractivity contribution < 1.29 is 9.53 Å². The Balaban J connectivity index is 2.07. The molecule has 0 bridgehead atoms. The number of ether oxygens (including phenoxy) is 1. The highest BCUT2D eigenvalue weighted by Crippen LogP contribution is 2.25. The average molecular weight is 315 g/mol. The lowest BCUT2D eigenvalue weighted by Gasteiger charge is -2.17. The summed E-state index contributed by atoms with van der Waals surface area (Å²) in [5, 5.41) is 2.93. The van der Waals surface area contributed by atoms with Crippen molar-refractivity contribution in [3.63, 3.8) is 0 Å². The van der Waals surface area contributed by atoms with Gasteiger partial charge in [0.25, 0.3) is 5.91 Å². The molecule has 3 nitrogen and oxygen atoms in total. The van der Waals surface area contributed by atoms with Crippen molar-refractivity contribution in [1.82, 2.24) is 0 Å². The number of hydrogen-bond donors (Lipinski definition) is 1. The van der Waals surface area contributed by atoms with Gasteiger partial charge in [0.05, 0.1) is 5.69 Å². The number of anilines is 1. The number of aryl methyl sites for hydroxylation is 2. The third-order valence-corrected chi connectivity index (χ3v) is 4.18. The first kappa shape index (κ1) is 16.4. The van der Waals surface area contributed by atoms with Crippen LogP contribution in [0.15, 0.2) is 47.4 Å². The van der Waals surface area contributed by atoms with Gasteiger partial charge >= 0.3 is 0 Å². The van der Waals surface area contributed by atoms with Crippen LogP contribution in [-0.2, 0) is 4.79 Å². The molecule has 1 atom stereocenters. The molecule has 116 valence electrons. The lowest BCUT2D eigenvalue weighted by atomic mass is 10.1. The van der Waals surface area contributed by atoms with Crippen LogP contribution in [0.25, 0.3) is 0 Å². The molecule has 0 saturated carbocycles. The first-order valence-corrected chi connectivity index (χ1v) is 8.41. The van der Waals surface area contributed by atoms with Gasteiger partial charge in [-0.15, -0.1) is 11.8 Å². The van der Waals surface area contributed by atoms with Gasteiger partial charge in [-0.25, -0.2) is 0 Å². The van der Waals surface area contributed by atoms with Gasteiger partial charge < -0.3 is 10.1 Å². The van der Waals surface area contributed by atoms with Crippen molar-refractivity contribution in [2.45, 2.75) is 31.8 Å². The molecule has 0 radical (unpaired) electrons. The van der Waals surface area contributed by atoms with Gasteiger partial charge in [-0.3, -0.25) is 4.79 Å². The second-order valence-electron chi connectivity index (χ2n) is 5.22. The van der Waals surface area contributed by atoms with Crippen molar-refractivity contribution in [2.75, 3.05) is 11.6 Å². The summed E-state index contributed by atoms with van der Waals surface area (Å²) >= 11 is 1.60. The molecule has 2 aromatic rings. The van der Waals surface area contributed by atoms with Gasteiger partial charge in [0.15, 0.2) is 6.10 Å². The molecule has 4 heteroatoms. The minimum Gasteiger partial charge on any atom is -0.481 e. The standard InChI is InChI=1S/C18H21NO2S/c1-12-9-10-13(2)16(11-12)21-14(3)18(20)19-15-7-5-6-8-17(15)22-4/h5-11,14H,1-4H3,(H,19,20). The van der Waals surface area contributed by atoms with E-state index in [1.54, 1.807) is 18.7 Å². The highest BCUT2D eigenvalue weighted by atomic mass is 32.2. The number of thioether (sulfide) groups is 1. The number of amides is 1. The van der Waals surface area contributed by atoms with Crippen LogP contribution < -0.4 is 10.1 Å². The predicted octanol–water partition coefficient (Wildman–Crippen LogP) is 4.43. The number of para-hydroxylation sites is 1. The zero-order chi connectivity index (χ0) is 16.1. The minimum atomic E-state index is -0.560. The monoisotopic (exact) mass is 315 g/mol. The first-order chi connectivity index (χ1) is 10.5. The van der Waals surface area contributed by atoms with Gasteiger partial charge in [0.2, 0.25) is 0 Å². The Hall–Kier alpha value is -1.94. The first-order valence-electron chi connectivity index (χ1n) is 7.19. The maximum absolute atomic E-state index is 12.3. The Morgan fingerprint density at radius 3 is 2.64 bits per heavy atom. The second-order valence-corrected chi connectivity index (χ2v) is 6.07. The molecule has 0 spiro atoms. The molecule has 2 aromatic carbocycles. The Morgan fingerprint density at radius 1 is 1.18 bits per heavy atom. The summed E-state index contributed by atoms with van der Waals surface area (Å²) in [6.07, 6.45) is 1.43. The topological polar surface area (TPSA) is 38.3 Å². The maximum Gasteiger partial charge on any atom is 0.265 e. The van der Waals surface area contributed by atoms with Crippen LogP contribution in [0.2, 0.25) is 0 Å². The third kappa shape index (κ3) is 4.04. The smallest absolute Gasteiger partial charge is 0.265 e. The van der Waals surface area contributed by atoms with Gasteiger partial charge in [0, 0.05) is 4.90 Å². The van der Waals surface area contributed by atoms with Gasteiger partial charge in [0.1, 0.15) is 5.75 Å². The summed E-state index contributed by atoms with van der Waals surface area (Å²) < 4.78 is 5.81. The maximum atomic E-state index is 12.3. The SMILES string of the molecule is CSc1ccccc1NC(=O)C(C)Oc1cc(C)ccc1C. The van der Waals surface area contributed by atoms with Crippen LogP contribution in [-0.4, -0.2) is 18.3 Å². The molecule has 1 amide bonds. The average Bonchev–Trinajstić information content (AvgIpc) is 2.51. The Bertz CT molecular complexity index is 670. The van der Waals surface area contributed by atoms with Gasteiger partial charge in [-0.2, -0.15) is 0 Å². The van der Waals surface area contributed by atoms with Crippen molar-refractivity contribution in [2.24, 2.45) is 0 Å². The molecule has 0 saturated heterocycles. The zero-order valence-corrected chi connectivity index (χ0v) is 14.2. The van der Waals surface area contributed by atoms with E-state index in [2.05, 4.69) is 5.32 Å². The fourth-order valence-electron chi connectivity index (χ4n) is 2.06. The van der Waals surface area contributed by atoms with E-state index in [-0.39, 0.29) is 5.91 Å². The zero-order valence-electron chi connectivity index (χ0n) is 13.3. The van der Waals surface area contributed by atoms with Crippen molar-refractivity contribution in [3.8, 4) is 5.75 Å². The van der Waals surface area contributed by atoms with E-state index >= 15 is 0 Å². The highest BCUT2D eigenvalue weighted by Gasteiger charge is 2.17. The summed E-state index contributed by atoms with van der Waals surface area (Å²) in [5.74, 6) is 0.600. The molecule has 2 rings (SSSR count). The fraction of sp³-hybridized carbons (Fsp3) is 0.278. The predicted molar refractivity (Wildman–Crippen MR) is 92.9 cm³/mol.